The largest absolute Gasteiger partial charge is 0.330 e. The molecule has 1 rings (SSSR count). The minimum absolute atomic E-state index is 0.485. The molecule has 0 bridgehead atoms. The van der Waals surface area contributed by atoms with Gasteiger partial charge in [-0.05, 0) is 19.1 Å². The molecule has 2 amide bonds. The van der Waals surface area contributed by atoms with E-state index in [9.17, 15) is 9.59 Å². The molecule has 0 spiro atoms. The summed E-state index contributed by atoms with van der Waals surface area (Å²) in [5.41, 5.74) is 4.83. The van der Waals surface area contributed by atoms with Crippen LogP contribution in [-0.4, -0.2) is 22.5 Å². The molecule has 4 N–H and O–H groups in total. The van der Waals surface area contributed by atoms with Crippen molar-refractivity contribution in [1.29, 1.82) is 0 Å². The summed E-state index contributed by atoms with van der Waals surface area (Å²) in [6.45, 7) is 1.66. The molecule has 0 radical (unpaired) electrons. The van der Waals surface area contributed by atoms with Crippen LogP contribution in [0.25, 0.3) is 0 Å². The number of hydrazine groups is 1. The highest BCUT2D eigenvalue weighted by molar-refractivity contribution is 6.34. The molecule has 0 saturated heterocycles. The first-order valence-electron chi connectivity index (χ1n) is 4.41. The average Bonchev–Trinajstić information content (AvgIpc) is 2.35. The number of hydrazone groups is 1. The lowest BCUT2D eigenvalue weighted by Crippen LogP contribution is -2.41. The zero-order chi connectivity index (χ0) is 12.0. The summed E-state index contributed by atoms with van der Waals surface area (Å²) >= 11 is 0. The lowest BCUT2D eigenvalue weighted by Gasteiger charge is -2.00. The maximum atomic E-state index is 11.0. The van der Waals surface area contributed by atoms with Crippen LogP contribution in [-0.2, 0) is 9.59 Å². The lowest BCUT2D eigenvalue weighted by atomic mass is 10.3. The lowest BCUT2D eigenvalue weighted by molar-refractivity contribution is -0.139. The Hall–Kier alpha value is -2.28. The van der Waals surface area contributed by atoms with Gasteiger partial charge in [-0.25, -0.2) is 11.3 Å². The Balaban J connectivity index is 2.65. The standard InChI is InChI=1S/C9H11N5O2/c1-6(7-4-2-3-5-11-7)13-14-9(16)8(15)12-10/h2-5H,10H2,1H3,(H,12,15)(H,14,16). The smallest absolute Gasteiger partial charge is 0.286 e. The van der Waals surface area contributed by atoms with Crippen molar-refractivity contribution in [2.75, 3.05) is 0 Å². The summed E-state index contributed by atoms with van der Waals surface area (Å²) in [7, 11) is 0. The molecule has 0 aliphatic rings. The molecule has 0 unspecified atom stereocenters. The Morgan fingerprint density at radius 3 is 2.69 bits per heavy atom. The fourth-order valence-corrected chi connectivity index (χ4v) is 0.885. The summed E-state index contributed by atoms with van der Waals surface area (Å²) < 4.78 is 0. The van der Waals surface area contributed by atoms with Crippen molar-refractivity contribution in [3.8, 4) is 0 Å². The molecule has 1 heterocycles. The molecule has 1 aromatic rings. The van der Waals surface area contributed by atoms with E-state index >= 15 is 0 Å². The number of nitrogens with two attached hydrogens (primary N) is 1. The Morgan fingerprint density at radius 1 is 1.38 bits per heavy atom. The summed E-state index contributed by atoms with van der Waals surface area (Å²) in [5, 5.41) is 3.70. The first kappa shape index (κ1) is 11.8. The van der Waals surface area contributed by atoms with Gasteiger partial charge in [0.25, 0.3) is 0 Å². The summed E-state index contributed by atoms with van der Waals surface area (Å²) in [5.74, 6) is 2.88. The maximum absolute atomic E-state index is 11.0. The maximum Gasteiger partial charge on any atom is 0.330 e. The van der Waals surface area contributed by atoms with Crippen LogP contribution in [0.5, 0.6) is 0 Å². The molecule has 84 valence electrons. The second-order valence-corrected chi connectivity index (χ2v) is 2.83. The molecule has 0 aliphatic heterocycles. The van der Waals surface area contributed by atoms with Gasteiger partial charge >= 0.3 is 11.8 Å². The summed E-state index contributed by atoms with van der Waals surface area (Å²) in [4.78, 5) is 25.7. The Bertz CT molecular complexity index is 415. The number of carbonyl (C=O) groups is 2. The normalized spacial score (nSPS) is 10.8. The quantitative estimate of drug-likeness (QED) is 0.194. The van der Waals surface area contributed by atoms with E-state index in [1.54, 1.807) is 36.7 Å². The molecular weight excluding hydrogens is 210 g/mol. The minimum Gasteiger partial charge on any atom is -0.286 e. The first-order valence-corrected chi connectivity index (χ1v) is 4.41. The number of aromatic nitrogens is 1. The fraction of sp³-hybridized carbons (Fsp3) is 0.111. The number of hydrogen-bond acceptors (Lipinski definition) is 5. The van der Waals surface area contributed by atoms with Gasteiger partial charge in [-0.3, -0.25) is 20.0 Å². The average molecular weight is 221 g/mol. The van der Waals surface area contributed by atoms with Gasteiger partial charge in [0.15, 0.2) is 0 Å². The van der Waals surface area contributed by atoms with E-state index in [-0.39, 0.29) is 0 Å². The number of pyridine rings is 1. The van der Waals surface area contributed by atoms with E-state index < -0.39 is 11.8 Å². The van der Waals surface area contributed by atoms with E-state index in [1.165, 1.54) is 0 Å². The Kier molecular flexibility index (Phi) is 4.10. The second kappa shape index (κ2) is 5.56. The van der Waals surface area contributed by atoms with Crippen LogP contribution in [0.4, 0.5) is 0 Å². The third kappa shape index (κ3) is 3.14. The van der Waals surface area contributed by atoms with Crippen molar-refractivity contribution in [3.63, 3.8) is 0 Å². The molecule has 0 aromatic carbocycles. The first-order chi connectivity index (χ1) is 7.65. The molecular formula is C9H11N5O2. The zero-order valence-corrected chi connectivity index (χ0v) is 8.60. The molecule has 0 fully saturated rings. The summed E-state index contributed by atoms with van der Waals surface area (Å²) in [6, 6.07) is 5.28. The highest BCUT2D eigenvalue weighted by atomic mass is 16.2. The molecule has 16 heavy (non-hydrogen) atoms. The van der Waals surface area contributed by atoms with Gasteiger partial charge in [-0.2, -0.15) is 5.10 Å². The molecule has 7 heteroatoms. The fourth-order valence-electron chi connectivity index (χ4n) is 0.885. The number of nitrogens with zero attached hydrogens (tertiary/aromatic N) is 2. The highest BCUT2D eigenvalue weighted by Crippen LogP contribution is 1.94. The predicted molar refractivity (Wildman–Crippen MR) is 56.9 cm³/mol. The number of amides is 2. The number of hydrogen-bond donors (Lipinski definition) is 3. The third-order valence-corrected chi connectivity index (χ3v) is 1.70. The van der Waals surface area contributed by atoms with Gasteiger partial charge in [0.05, 0.1) is 11.4 Å². The summed E-state index contributed by atoms with van der Waals surface area (Å²) in [6.07, 6.45) is 1.60. The van der Waals surface area contributed by atoms with Crippen molar-refractivity contribution in [2.45, 2.75) is 6.92 Å². The third-order valence-electron chi connectivity index (χ3n) is 1.70. The topological polar surface area (TPSA) is 109 Å². The molecule has 0 saturated carbocycles. The molecule has 0 atom stereocenters. The predicted octanol–water partition coefficient (Wildman–Crippen LogP) is -1.09. The van der Waals surface area contributed by atoms with Gasteiger partial charge in [0.2, 0.25) is 0 Å². The van der Waals surface area contributed by atoms with Crippen LogP contribution in [0.2, 0.25) is 0 Å². The van der Waals surface area contributed by atoms with E-state index in [4.69, 9.17) is 5.84 Å². The monoisotopic (exact) mass is 221 g/mol. The van der Waals surface area contributed by atoms with Gasteiger partial charge < -0.3 is 0 Å². The van der Waals surface area contributed by atoms with Crippen molar-refractivity contribution in [2.24, 2.45) is 10.9 Å². The molecule has 0 aliphatic carbocycles. The highest BCUT2D eigenvalue weighted by Gasteiger charge is 2.10. The van der Waals surface area contributed by atoms with Crippen LogP contribution >= 0.6 is 0 Å². The van der Waals surface area contributed by atoms with Gasteiger partial charge in [-0.15, -0.1) is 0 Å². The van der Waals surface area contributed by atoms with Crippen LogP contribution in [0.3, 0.4) is 0 Å². The Labute approximate surface area is 91.7 Å². The van der Waals surface area contributed by atoms with Gasteiger partial charge in [-0.1, -0.05) is 6.07 Å². The number of nitrogens with one attached hydrogen (secondary N) is 2. The number of carbonyl (C=O) groups excluding carboxylic acids is 2. The van der Waals surface area contributed by atoms with E-state index in [1.807, 2.05) is 5.43 Å². The van der Waals surface area contributed by atoms with Crippen molar-refractivity contribution < 1.29 is 9.59 Å². The van der Waals surface area contributed by atoms with Crippen molar-refractivity contribution in [1.82, 2.24) is 15.8 Å². The van der Waals surface area contributed by atoms with Crippen LogP contribution in [0, 0.1) is 0 Å². The van der Waals surface area contributed by atoms with Gasteiger partial charge in [0, 0.05) is 6.20 Å². The SMILES string of the molecule is CC(=NNC(=O)C(=O)NN)c1ccccn1. The molecule has 7 nitrogen and oxygen atoms in total. The minimum atomic E-state index is -0.961. The van der Waals surface area contributed by atoms with E-state index in [2.05, 4.69) is 10.1 Å². The Morgan fingerprint density at radius 2 is 2.12 bits per heavy atom. The number of rotatable bonds is 2. The van der Waals surface area contributed by atoms with E-state index in [0.29, 0.717) is 11.4 Å². The van der Waals surface area contributed by atoms with Crippen LogP contribution < -0.4 is 16.7 Å². The van der Waals surface area contributed by atoms with Crippen molar-refractivity contribution >= 4 is 17.5 Å². The zero-order valence-electron chi connectivity index (χ0n) is 8.60. The van der Waals surface area contributed by atoms with Crippen LogP contribution in [0.15, 0.2) is 29.5 Å². The molecule has 1 aromatic heterocycles. The van der Waals surface area contributed by atoms with Crippen molar-refractivity contribution in [3.05, 3.63) is 30.1 Å². The second-order valence-electron chi connectivity index (χ2n) is 2.83. The van der Waals surface area contributed by atoms with Crippen LogP contribution in [0.1, 0.15) is 12.6 Å². The van der Waals surface area contributed by atoms with Gasteiger partial charge in [0.1, 0.15) is 0 Å². The van der Waals surface area contributed by atoms with E-state index in [0.717, 1.165) is 0 Å².